The van der Waals surface area contributed by atoms with E-state index in [1.54, 1.807) is 0 Å². The highest BCUT2D eigenvalue weighted by Crippen LogP contribution is 2.55. The molecule has 0 N–H and O–H groups in total. The van der Waals surface area contributed by atoms with Gasteiger partial charge in [0.25, 0.3) is 0 Å². The molecule has 0 aromatic heterocycles. The summed E-state index contributed by atoms with van der Waals surface area (Å²) in [4.78, 5) is 2.39. The maximum Gasteiger partial charge on any atom is 0.0465 e. The first-order valence-corrected chi connectivity index (χ1v) is 21.6. The first-order valence-electron chi connectivity index (χ1n) is 21.6. The van der Waals surface area contributed by atoms with Crippen LogP contribution in [0, 0.1) is 13.8 Å². The van der Waals surface area contributed by atoms with Gasteiger partial charge in [-0.2, -0.15) is 0 Å². The Morgan fingerprint density at radius 2 is 0.583 bits per heavy atom. The summed E-state index contributed by atoms with van der Waals surface area (Å²) in [5.41, 5.74) is 27.3. The monoisotopic (exact) mass is 773 g/mol. The molecule has 0 saturated heterocycles. The van der Waals surface area contributed by atoms with Crippen molar-refractivity contribution in [2.45, 2.75) is 71.6 Å². The normalized spacial score (nSPS) is 15.4. The van der Waals surface area contributed by atoms with Crippen molar-refractivity contribution in [3.05, 3.63) is 208 Å². The van der Waals surface area contributed by atoms with Crippen molar-refractivity contribution in [1.29, 1.82) is 0 Å². The minimum Gasteiger partial charge on any atom is -0.310 e. The molecule has 0 saturated carbocycles. The second-order valence-corrected chi connectivity index (χ2v) is 19.2. The minimum absolute atomic E-state index is 0.0202. The summed E-state index contributed by atoms with van der Waals surface area (Å²) in [6.45, 7) is 18.6. The largest absolute Gasteiger partial charge is 0.310 e. The number of hydrogen-bond donors (Lipinski definition) is 0. The number of hydrogen-bond acceptors (Lipinski definition) is 1. The Labute approximate surface area is 356 Å². The molecule has 0 radical (unpaired) electrons. The highest BCUT2D eigenvalue weighted by Gasteiger charge is 2.39. The summed E-state index contributed by atoms with van der Waals surface area (Å²) in [5, 5.41) is 0. The molecule has 3 aliphatic rings. The summed E-state index contributed by atoms with van der Waals surface area (Å²) < 4.78 is 0. The van der Waals surface area contributed by atoms with E-state index in [1.807, 2.05) is 0 Å². The summed E-state index contributed by atoms with van der Waals surface area (Å²) >= 11 is 0. The maximum atomic E-state index is 2.47. The Hall–Kier alpha value is -6.44. The second-order valence-electron chi connectivity index (χ2n) is 19.2. The zero-order valence-corrected chi connectivity index (χ0v) is 36.0. The van der Waals surface area contributed by atoms with E-state index in [0.717, 1.165) is 11.4 Å². The van der Waals surface area contributed by atoms with Gasteiger partial charge in [0.15, 0.2) is 0 Å². The van der Waals surface area contributed by atoms with Crippen LogP contribution in [0.15, 0.2) is 164 Å². The Kier molecular flexibility index (Phi) is 7.80. The van der Waals surface area contributed by atoms with E-state index in [2.05, 4.69) is 224 Å². The molecule has 0 unspecified atom stereocenters. The van der Waals surface area contributed by atoms with E-state index < -0.39 is 0 Å². The number of benzene rings is 8. The van der Waals surface area contributed by atoms with Gasteiger partial charge in [0.1, 0.15) is 0 Å². The molecule has 1 heteroatoms. The van der Waals surface area contributed by atoms with E-state index in [0.29, 0.717) is 0 Å². The predicted octanol–water partition coefficient (Wildman–Crippen LogP) is 16.0. The van der Waals surface area contributed by atoms with Crippen molar-refractivity contribution in [2.24, 2.45) is 0 Å². The van der Waals surface area contributed by atoms with Crippen LogP contribution in [0.1, 0.15) is 86.1 Å². The van der Waals surface area contributed by atoms with E-state index in [4.69, 9.17) is 0 Å². The van der Waals surface area contributed by atoms with Crippen molar-refractivity contribution >= 4 is 17.1 Å². The van der Waals surface area contributed by atoms with Gasteiger partial charge in [-0.1, -0.05) is 156 Å². The number of rotatable bonds is 5. The summed E-state index contributed by atoms with van der Waals surface area (Å²) in [6.07, 6.45) is 0. The second kappa shape index (κ2) is 12.8. The van der Waals surface area contributed by atoms with Crippen molar-refractivity contribution < 1.29 is 0 Å². The molecule has 0 fully saturated rings. The maximum absolute atomic E-state index is 2.47. The SMILES string of the molecule is Cc1ccc(N(c2ccc(C)cc2)c2ccc3c(c2)C(C)(C)c2cc(-c4ccc5c(c4)C(C)(C)c4cc(-c6ccc7c(c6)C(C)(C)c6ccccc6-7)ccc4-5)ccc2-3)cc1. The number of nitrogens with zero attached hydrogens (tertiary/aromatic N) is 1. The Morgan fingerprint density at radius 3 is 0.983 bits per heavy atom. The average molecular weight is 774 g/mol. The Morgan fingerprint density at radius 1 is 0.283 bits per heavy atom. The van der Waals surface area contributed by atoms with E-state index in [1.165, 1.54) is 106 Å². The first-order chi connectivity index (χ1) is 28.8. The van der Waals surface area contributed by atoms with Gasteiger partial charge < -0.3 is 4.90 Å². The fourth-order valence-electron chi connectivity index (χ4n) is 10.9. The predicted molar refractivity (Wildman–Crippen MR) is 254 cm³/mol. The highest BCUT2D eigenvalue weighted by atomic mass is 15.1. The minimum atomic E-state index is -0.166. The van der Waals surface area contributed by atoms with Gasteiger partial charge in [-0.05, 0) is 164 Å². The average Bonchev–Trinajstić information content (AvgIpc) is 3.73. The molecule has 3 aliphatic carbocycles. The van der Waals surface area contributed by atoms with Crippen LogP contribution in [0.2, 0.25) is 0 Å². The summed E-state index contributed by atoms with van der Waals surface area (Å²) in [7, 11) is 0. The topological polar surface area (TPSA) is 3.24 Å². The molecule has 8 aromatic carbocycles. The molecule has 0 heterocycles. The molecule has 292 valence electrons. The van der Waals surface area contributed by atoms with Gasteiger partial charge in [0.05, 0.1) is 0 Å². The number of fused-ring (bicyclic) bond motifs is 9. The van der Waals surface area contributed by atoms with Crippen LogP contribution in [0.4, 0.5) is 17.1 Å². The van der Waals surface area contributed by atoms with Crippen LogP contribution < -0.4 is 4.90 Å². The van der Waals surface area contributed by atoms with E-state index in [-0.39, 0.29) is 16.2 Å². The smallest absolute Gasteiger partial charge is 0.0465 e. The van der Waals surface area contributed by atoms with Crippen LogP contribution >= 0.6 is 0 Å². The van der Waals surface area contributed by atoms with Gasteiger partial charge in [0.2, 0.25) is 0 Å². The molecule has 8 aromatic rings. The van der Waals surface area contributed by atoms with Gasteiger partial charge in [-0.25, -0.2) is 0 Å². The molecule has 0 amide bonds. The van der Waals surface area contributed by atoms with Gasteiger partial charge in [0, 0.05) is 33.3 Å². The van der Waals surface area contributed by atoms with Crippen LogP contribution in [0.5, 0.6) is 0 Å². The van der Waals surface area contributed by atoms with Crippen molar-refractivity contribution in [1.82, 2.24) is 0 Å². The first kappa shape index (κ1) is 36.6. The fraction of sp³-hybridized carbons (Fsp3) is 0.186. The van der Waals surface area contributed by atoms with Crippen LogP contribution in [-0.2, 0) is 16.2 Å². The zero-order chi connectivity index (χ0) is 41.3. The molecule has 11 rings (SSSR count). The lowest BCUT2D eigenvalue weighted by molar-refractivity contribution is 0.659. The third-order valence-corrected chi connectivity index (χ3v) is 14.4. The van der Waals surface area contributed by atoms with Gasteiger partial charge >= 0.3 is 0 Å². The number of anilines is 3. The van der Waals surface area contributed by atoms with Crippen molar-refractivity contribution in [3.8, 4) is 55.6 Å². The Bertz CT molecular complexity index is 3020. The Balaban J connectivity index is 0.924. The van der Waals surface area contributed by atoms with Crippen molar-refractivity contribution in [2.75, 3.05) is 4.90 Å². The molecule has 1 nitrogen and oxygen atoms in total. The number of aryl methyl sites for hydroxylation is 2. The molecule has 0 bridgehead atoms. The van der Waals surface area contributed by atoms with Crippen molar-refractivity contribution in [3.63, 3.8) is 0 Å². The lowest BCUT2D eigenvalue weighted by Crippen LogP contribution is -2.17. The molecule has 0 aliphatic heterocycles. The standard InChI is InChI=1S/C59H51N/c1-36-13-21-42(22-14-36)60(43-23-15-37(2)16-24-43)44-25-30-50-49-29-20-41(34-55(49)59(7,8)56(50)35-44)40-19-28-48-47-27-18-39(32-53(47)58(5,6)54(48)33-40)38-17-26-46-45-11-9-10-12-51(45)57(3,4)52(46)31-38/h9-35H,1-8H3. The quantitative estimate of drug-likeness (QED) is 0.168. The van der Waals surface area contributed by atoms with Gasteiger partial charge in [-0.3, -0.25) is 0 Å². The summed E-state index contributed by atoms with van der Waals surface area (Å²) in [6, 6.07) is 62.4. The van der Waals surface area contributed by atoms with Crippen LogP contribution in [0.25, 0.3) is 55.6 Å². The lowest BCUT2D eigenvalue weighted by Gasteiger charge is -2.28. The van der Waals surface area contributed by atoms with Crippen LogP contribution in [0.3, 0.4) is 0 Å². The van der Waals surface area contributed by atoms with Crippen LogP contribution in [-0.4, -0.2) is 0 Å². The third kappa shape index (κ3) is 5.31. The molecule has 0 spiro atoms. The highest BCUT2D eigenvalue weighted by molar-refractivity contribution is 5.90. The summed E-state index contributed by atoms with van der Waals surface area (Å²) in [5.74, 6) is 0. The fourth-order valence-corrected chi connectivity index (χ4v) is 10.9. The van der Waals surface area contributed by atoms with E-state index in [9.17, 15) is 0 Å². The molecule has 0 atom stereocenters. The zero-order valence-electron chi connectivity index (χ0n) is 36.0. The van der Waals surface area contributed by atoms with Gasteiger partial charge in [-0.15, -0.1) is 0 Å². The third-order valence-electron chi connectivity index (χ3n) is 14.4. The molecular formula is C59H51N. The lowest BCUT2D eigenvalue weighted by atomic mass is 9.79. The molecular weight excluding hydrogens is 723 g/mol. The molecule has 60 heavy (non-hydrogen) atoms. The van der Waals surface area contributed by atoms with E-state index >= 15 is 0 Å².